The molecule has 0 heterocycles. The number of carbonyl (C=O) groups excluding carboxylic acids is 1. The number of rotatable bonds is 6. The number of carbonyl (C=O) groups is 1. The SMILES string of the molecule is O=C(NCCOc1cccc2ccccc12)NC[C@@H]1CC[C@@H](O)C1. The van der Waals surface area contributed by atoms with Gasteiger partial charge in [0, 0.05) is 11.9 Å². The number of aliphatic hydroxyl groups is 1. The first-order chi connectivity index (χ1) is 11.7. The Morgan fingerprint density at radius 3 is 2.79 bits per heavy atom. The topological polar surface area (TPSA) is 70.6 Å². The molecule has 0 aromatic heterocycles. The number of amides is 2. The third kappa shape index (κ3) is 4.38. The van der Waals surface area contributed by atoms with Crippen molar-refractivity contribution in [3.05, 3.63) is 42.5 Å². The van der Waals surface area contributed by atoms with Gasteiger partial charge in [-0.2, -0.15) is 0 Å². The summed E-state index contributed by atoms with van der Waals surface area (Å²) in [5, 5.41) is 17.3. The minimum atomic E-state index is -0.200. The minimum absolute atomic E-state index is 0.182. The highest BCUT2D eigenvalue weighted by Gasteiger charge is 2.22. The van der Waals surface area contributed by atoms with Gasteiger partial charge >= 0.3 is 6.03 Å². The van der Waals surface area contributed by atoms with Crippen LogP contribution in [0.25, 0.3) is 10.8 Å². The Hall–Kier alpha value is -2.27. The fourth-order valence-electron chi connectivity index (χ4n) is 3.18. The number of ether oxygens (including phenoxy) is 1. The summed E-state index contributed by atoms with van der Waals surface area (Å²) >= 11 is 0. The molecular weight excluding hydrogens is 304 g/mol. The van der Waals surface area contributed by atoms with Crippen molar-refractivity contribution in [2.75, 3.05) is 19.7 Å². The van der Waals surface area contributed by atoms with Crippen LogP contribution in [0.2, 0.25) is 0 Å². The van der Waals surface area contributed by atoms with Crippen LogP contribution in [0.4, 0.5) is 4.79 Å². The molecule has 24 heavy (non-hydrogen) atoms. The lowest BCUT2D eigenvalue weighted by Crippen LogP contribution is -2.39. The zero-order valence-corrected chi connectivity index (χ0v) is 13.7. The Balaban J connectivity index is 1.38. The lowest BCUT2D eigenvalue weighted by Gasteiger charge is -2.13. The second-order valence-electron chi connectivity index (χ2n) is 6.30. The predicted molar refractivity (Wildman–Crippen MR) is 94.2 cm³/mol. The third-order valence-electron chi connectivity index (χ3n) is 4.46. The largest absolute Gasteiger partial charge is 0.491 e. The van der Waals surface area contributed by atoms with Crippen molar-refractivity contribution in [3.63, 3.8) is 0 Å². The minimum Gasteiger partial charge on any atom is -0.491 e. The van der Waals surface area contributed by atoms with Gasteiger partial charge in [0.25, 0.3) is 0 Å². The normalized spacial score (nSPS) is 20.0. The van der Waals surface area contributed by atoms with E-state index in [2.05, 4.69) is 10.6 Å². The van der Waals surface area contributed by atoms with Crippen LogP contribution in [-0.4, -0.2) is 36.9 Å². The average Bonchev–Trinajstić information content (AvgIpc) is 3.02. The molecule has 3 rings (SSSR count). The Labute approximate surface area is 142 Å². The van der Waals surface area contributed by atoms with Gasteiger partial charge in [0.05, 0.1) is 12.6 Å². The standard InChI is InChI=1S/C19H24N2O3/c22-16-9-8-14(12-16)13-21-19(23)20-10-11-24-18-7-3-5-15-4-1-2-6-17(15)18/h1-7,14,16,22H,8-13H2,(H2,20,21,23)/t14-,16-/m1/s1. The second-order valence-corrected chi connectivity index (χ2v) is 6.30. The maximum atomic E-state index is 11.8. The summed E-state index contributed by atoms with van der Waals surface area (Å²) in [6, 6.07) is 13.8. The smallest absolute Gasteiger partial charge is 0.314 e. The molecule has 0 aliphatic heterocycles. The summed E-state index contributed by atoms with van der Waals surface area (Å²) < 4.78 is 5.79. The van der Waals surface area contributed by atoms with E-state index in [0.29, 0.717) is 25.6 Å². The molecule has 0 unspecified atom stereocenters. The molecule has 128 valence electrons. The maximum Gasteiger partial charge on any atom is 0.314 e. The van der Waals surface area contributed by atoms with E-state index in [1.165, 1.54) is 0 Å². The molecule has 3 N–H and O–H groups in total. The first kappa shape index (κ1) is 16.6. The number of aliphatic hydroxyl groups excluding tert-OH is 1. The molecule has 2 amide bonds. The van der Waals surface area contributed by atoms with Gasteiger partial charge in [-0.1, -0.05) is 36.4 Å². The predicted octanol–water partition coefficient (Wildman–Crippen LogP) is 2.68. The molecule has 5 heteroatoms. The summed E-state index contributed by atoms with van der Waals surface area (Å²) in [5.74, 6) is 1.22. The summed E-state index contributed by atoms with van der Waals surface area (Å²) in [7, 11) is 0. The van der Waals surface area contributed by atoms with E-state index in [4.69, 9.17) is 4.74 Å². The number of urea groups is 1. The first-order valence-electron chi connectivity index (χ1n) is 8.52. The van der Waals surface area contributed by atoms with E-state index in [9.17, 15) is 9.90 Å². The van der Waals surface area contributed by atoms with Gasteiger partial charge in [-0.25, -0.2) is 4.79 Å². The molecule has 1 aliphatic rings. The van der Waals surface area contributed by atoms with E-state index in [1.807, 2.05) is 42.5 Å². The lowest BCUT2D eigenvalue weighted by atomic mass is 10.1. The number of hydrogen-bond donors (Lipinski definition) is 3. The molecule has 1 aliphatic carbocycles. The van der Waals surface area contributed by atoms with Crippen molar-refractivity contribution in [1.82, 2.24) is 10.6 Å². The molecule has 2 aromatic rings. The Kier molecular flexibility index (Phi) is 5.54. The van der Waals surface area contributed by atoms with Gasteiger partial charge in [-0.3, -0.25) is 0 Å². The van der Waals surface area contributed by atoms with Crippen LogP contribution in [0.15, 0.2) is 42.5 Å². The highest BCUT2D eigenvalue weighted by Crippen LogP contribution is 2.25. The van der Waals surface area contributed by atoms with Gasteiger partial charge in [-0.05, 0) is 36.6 Å². The number of nitrogens with one attached hydrogen (secondary N) is 2. The monoisotopic (exact) mass is 328 g/mol. The average molecular weight is 328 g/mol. The van der Waals surface area contributed by atoms with E-state index in [1.54, 1.807) is 0 Å². The van der Waals surface area contributed by atoms with Crippen molar-refractivity contribution >= 4 is 16.8 Å². The molecule has 0 saturated heterocycles. The van der Waals surface area contributed by atoms with E-state index >= 15 is 0 Å². The van der Waals surface area contributed by atoms with Crippen LogP contribution in [-0.2, 0) is 0 Å². The molecule has 0 spiro atoms. The molecule has 0 bridgehead atoms. The number of fused-ring (bicyclic) bond motifs is 1. The van der Waals surface area contributed by atoms with Crippen LogP contribution in [0, 0.1) is 5.92 Å². The summed E-state index contributed by atoms with van der Waals surface area (Å²) in [6.07, 6.45) is 2.40. The van der Waals surface area contributed by atoms with Crippen molar-refractivity contribution in [1.29, 1.82) is 0 Å². The van der Waals surface area contributed by atoms with Crippen LogP contribution in [0.1, 0.15) is 19.3 Å². The van der Waals surface area contributed by atoms with E-state index in [0.717, 1.165) is 35.8 Å². The van der Waals surface area contributed by atoms with Crippen molar-refractivity contribution in [2.45, 2.75) is 25.4 Å². The molecule has 1 saturated carbocycles. The Bertz CT molecular complexity index is 684. The van der Waals surface area contributed by atoms with Crippen LogP contribution >= 0.6 is 0 Å². The van der Waals surface area contributed by atoms with Gasteiger partial charge < -0.3 is 20.5 Å². The van der Waals surface area contributed by atoms with Crippen LogP contribution in [0.5, 0.6) is 5.75 Å². The molecule has 1 fully saturated rings. The third-order valence-corrected chi connectivity index (χ3v) is 4.46. The number of hydrogen-bond acceptors (Lipinski definition) is 3. The van der Waals surface area contributed by atoms with E-state index in [-0.39, 0.29) is 12.1 Å². The molecule has 2 atom stereocenters. The lowest BCUT2D eigenvalue weighted by molar-refractivity contribution is 0.177. The molecule has 2 aromatic carbocycles. The highest BCUT2D eigenvalue weighted by molar-refractivity contribution is 5.88. The zero-order chi connectivity index (χ0) is 16.8. The van der Waals surface area contributed by atoms with Gasteiger partial charge in [-0.15, -0.1) is 0 Å². The Morgan fingerprint density at radius 1 is 1.12 bits per heavy atom. The van der Waals surface area contributed by atoms with Gasteiger partial charge in [0.1, 0.15) is 12.4 Å². The summed E-state index contributed by atoms with van der Waals surface area (Å²) in [4.78, 5) is 11.8. The van der Waals surface area contributed by atoms with Gasteiger partial charge in [0.15, 0.2) is 0 Å². The van der Waals surface area contributed by atoms with Crippen LogP contribution < -0.4 is 15.4 Å². The van der Waals surface area contributed by atoms with Crippen molar-refractivity contribution in [3.8, 4) is 5.75 Å². The molecular formula is C19H24N2O3. The Morgan fingerprint density at radius 2 is 1.96 bits per heavy atom. The van der Waals surface area contributed by atoms with Gasteiger partial charge in [0.2, 0.25) is 0 Å². The van der Waals surface area contributed by atoms with Crippen LogP contribution in [0.3, 0.4) is 0 Å². The molecule has 0 radical (unpaired) electrons. The zero-order valence-electron chi connectivity index (χ0n) is 13.7. The fraction of sp³-hybridized carbons (Fsp3) is 0.421. The van der Waals surface area contributed by atoms with Crippen molar-refractivity contribution < 1.29 is 14.6 Å². The maximum absolute atomic E-state index is 11.8. The van der Waals surface area contributed by atoms with E-state index < -0.39 is 0 Å². The summed E-state index contributed by atoms with van der Waals surface area (Å²) in [6.45, 7) is 1.49. The second kappa shape index (κ2) is 8.02. The number of benzene rings is 2. The molecule has 5 nitrogen and oxygen atoms in total. The fourth-order valence-corrected chi connectivity index (χ4v) is 3.18. The highest BCUT2D eigenvalue weighted by atomic mass is 16.5. The quantitative estimate of drug-likeness (QED) is 0.714. The summed E-state index contributed by atoms with van der Waals surface area (Å²) in [5.41, 5.74) is 0. The van der Waals surface area contributed by atoms with Crippen molar-refractivity contribution in [2.24, 2.45) is 5.92 Å². The first-order valence-corrected chi connectivity index (χ1v) is 8.52.